The largest absolute Gasteiger partial charge is 0.312 e. The van der Waals surface area contributed by atoms with Crippen LogP contribution in [0.1, 0.15) is 29.5 Å². The Morgan fingerprint density at radius 2 is 1.66 bits per heavy atom. The lowest BCUT2D eigenvalue weighted by Crippen LogP contribution is -2.33. The smallest absolute Gasteiger partial charge is 0.228 e. The van der Waals surface area contributed by atoms with Crippen LogP contribution in [-0.4, -0.2) is 39.1 Å². The summed E-state index contributed by atoms with van der Waals surface area (Å²) in [5.74, 6) is -0.244. The molecule has 0 spiro atoms. The van der Waals surface area contributed by atoms with Crippen LogP contribution in [0.25, 0.3) is 0 Å². The summed E-state index contributed by atoms with van der Waals surface area (Å²) < 4.78 is 26.0. The lowest BCUT2D eigenvalue weighted by atomic mass is 10.00. The third-order valence-corrected chi connectivity index (χ3v) is 7.85. The number of nitrogens with zero attached hydrogens (tertiary/aromatic N) is 2. The first-order chi connectivity index (χ1) is 13.9. The molecule has 29 heavy (non-hydrogen) atoms. The highest BCUT2D eigenvalue weighted by Crippen LogP contribution is 2.38. The van der Waals surface area contributed by atoms with Crippen molar-refractivity contribution in [3.8, 4) is 0 Å². The molecule has 2 aromatic carbocycles. The fourth-order valence-corrected chi connectivity index (χ4v) is 6.00. The van der Waals surface area contributed by atoms with E-state index in [4.69, 9.17) is 0 Å². The number of fused-ring (bicyclic) bond motifs is 1. The van der Waals surface area contributed by atoms with Crippen molar-refractivity contribution in [2.24, 2.45) is 0 Å². The number of carbonyl (C=O) groups is 2. The van der Waals surface area contributed by atoms with E-state index in [2.05, 4.69) is 0 Å². The van der Waals surface area contributed by atoms with Crippen LogP contribution in [0, 0.1) is 0 Å². The zero-order valence-corrected chi connectivity index (χ0v) is 16.9. The van der Waals surface area contributed by atoms with Gasteiger partial charge in [-0.05, 0) is 54.2 Å². The Bertz CT molecular complexity index is 1140. The standard InChI is InChI=1S/C22H22N2O4S/c25-20-6-5-16-13-18(14-17-8-11-24(20)22(16)17)29(27,28)12-9-21(26)23-10-7-15-3-1-2-4-19(15)23/h1-4,13-14H,5-12H2. The van der Waals surface area contributed by atoms with Gasteiger partial charge in [0, 0.05) is 31.6 Å². The van der Waals surface area contributed by atoms with E-state index in [1.165, 1.54) is 0 Å². The molecular weight excluding hydrogens is 388 g/mol. The molecule has 0 fully saturated rings. The average molecular weight is 410 g/mol. The van der Waals surface area contributed by atoms with Gasteiger partial charge in [-0.2, -0.15) is 0 Å². The van der Waals surface area contributed by atoms with Crippen LogP contribution in [-0.2, 0) is 38.7 Å². The second-order valence-corrected chi connectivity index (χ2v) is 9.99. The summed E-state index contributed by atoms with van der Waals surface area (Å²) in [6.07, 6.45) is 2.44. The molecule has 0 aliphatic carbocycles. The fourth-order valence-electron chi connectivity index (χ4n) is 4.68. The molecule has 5 rings (SSSR count). The first-order valence-corrected chi connectivity index (χ1v) is 11.7. The Hall–Kier alpha value is -2.67. The van der Waals surface area contributed by atoms with E-state index in [0.29, 0.717) is 32.4 Å². The third kappa shape index (κ3) is 3.04. The molecule has 0 saturated heterocycles. The van der Waals surface area contributed by atoms with Crippen molar-refractivity contribution in [3.05, 3.63) is 53.1 Å². The van der Waals surface area contributed by atoms with Crippen molar-refractivity contribution in [3.63, 3.8) is 0 Å². The lowest BCUT2D eigenvalue weighted by Gasteiger charge is -2.25. The van der Waals surface area contributed by atoms with Gasteiger partial charge in [-0.15, -0.1) is 0 Å². The molecule has 0 bridgehead atoms. The van der Waals surface area contributed by atoms with E-state index >= 15 is 0 Å². The van der Waals surface area contributed by atoms with Crippen molar-refractivity contribution in [1.29, 1.82) is 0 Å². The number of hydrogen-bond donors (Lipinski definition) is 0. The van der Waals surface area contributed by atoms with Gasteiger partial charge in [-0.1, -0.05) is 18.2 Å². The van der Waals surface area contributed by atoms with Gasteiger partial charge in [0.05, 0.1) is 16.3 Å². The van der Waals surface area contributed by atoms with Gasteiger partial charge in [0.1, 0.15) is 0 Å². The molecule has 3 aliphatic heterocycles. The van der Waals surface area contributed by atoms with Crippen LogP contribution in [0.15, 0.2) is 41.3 Å². The van der Waals surface area contributed by atoms with Crippen molar-refractivity contribution >= 4 is 33.0 Å². The summed E-state index contributed by atoms with van der Waals surface area (Å²) >= 11 is 0. The summed E-state index contributed by atoms with van der Waals surface area (Å²) in [4.78, 5) is 28.5. The summed E-state index contributed by atoms with van der Waals surface area (Å²) in [5, 5.41) is 0. The molecule has 150 valence electrons. The summed E-state index contributed by atoms with van der Waals surface area (Å²) in [7, 11) is -3.57. The van der Waals surface area contributed by atoms with Gasteiger partial charge < -0.3 is 9.80 Å². The minimum Gasteiger partial charge on any atom is -0.312 e. The highest BCUT2D eigenvalue weighted by molar-refractivity contribution is 7.91. The number of para-hydroxylation sites is 1. The predicted octanol–water partition coefficient (Wildman–Crippen LogP) is 2.28. The Kier molecular flexibility index (Phi) is 4.24. The first-order valence-electron chi connectivity index (χ1n) is 10.0. The minimum atomic E-state index is -3.57. The number of carbonyl (C=O) groups excluding carboxylic acids is 2. The summed E-state index contributed by atoms with van der Waals surface area (Å²) in [6.45, 7) is 1.22. The van der Waals surface area contributed by atoms with Gasteiger partial charge >= 0.3 is 0 Å². The SMILES string of the molecule is O=C(CCS(=O)(=O)c1cc2c3c(c1)CCN3C(=O)CC2)N1CCc2ccccc21. The second kappa shape index (κ2) is 6.69. The molecule has 0 saturated carbocycles. The second-order valence-electron chi connectivity index (χ2n) is 7.88. The number of amides is 2. The van der Waals surface area contributed by atoms with Gasteiger partial charge in [0.2, 0.25) is 11.8 Å². The van der Waals surface area contributed by atoms with Crippen molar-refractivity contribution < 1.29 is 18.0 Å². The minimum absolute atomic E-state index is 0.0340. The van der Waals surface area contributed by atoms with Gasteiger partial charge in [-0.25, -0.2) is 8.42 Å². The summed E-state index contributed by atoms with van der Waals surface area (Å²) in [5.41, 5.74) is 4.78. The predicted molar refractivity (Wildman–Crippen MR) is 110 cm³/mol. The van der Waals surface area contributed by atoms with Crippen molar-refractivity contribution in [1.82, 2.24) is 0 Å². The van der Waals surface area contributed by atoms with Gasteiger partial charge in [0.25, 0.3) is 0 Å². The molecule has 2 amide bonds. The molecular formula is C22H22N2O4S. The van der Waals surface area contributed by atoms with Gasteiger partial charge in [-0.3, -0.25) is 9.59 Å². The number of benzene rings is 2. The topological polar surface area (TPSA) is 74.8 Å². The van der Waals surface area contributed by atoms with Crippen LogP contribution in [0.2, 0.25) is 0 Å². The highest BCUT2D eigenvalue weighted by atomic mass is 32.2. The Morgan fingerprint density at radius 1 is 0.931 bits per heavy atom. The Labute approximate surface area is 170 Å². The van der Waals surface area contributed by atoms with Crippen LogP contribution in [0.5, 0.6) is 0 Å². The van der Waals surface area contributed by atoms with Crippen LogP contribution in [0.3, 0.4) is 0 Å². The highest BCUT2D eigenvalue weighted by Gasteiger charge is 2.33. The van der Waals surface area contributed by atoms with Crippen molar-refractivity contribution in [2.45, 2.75) is 37.0 Å². The van der Waals surface area contributed by atoms with E-state index in [-0.39, 0.29) is 28.9 Å². The maximum atomic E-state index is 13.0. The molecule has 3 aliphatic rings. The first kappa shape index (κ1) is 18.4. The van der Waals surface area contributed by atoms with E-state index in [1.807, 2.05) is 24.3 Å². The molecule has 0 N–H and O–H groups in total. The molecule has 0 atom stereocenters. The monoisotopic (exact) mass is 410 g/mol. The molecule has 7 heteroatoms. The summed E-state index contributed by atoms with van der Waals surface area (Å²) in [6, 6.07) is 11.2. The molecule has 2 aromatic rings. The number of anilines is 2. The molecule has 3 heterocycles. The van der Waals surface area contributed by atoms with Crippen LogP contribution >= 0.6 is 0 Å². The van der Waals surface area contributed by atoms with Crippen molar-refractivity contribution in [2.75, 3.05) is 28.6 Å². The molecule has 0 unspecified atom stereocenters. The van der Waals surface area contributed by atoms with E-state index in [1.54, 1.807) is 21.9 Å². The maximum Gasteiger partial charge on any atom is 0.228 e. The molecule has 6 nitrogen and oxygen atoms in total. The van der Waals surface area contributed by atoms with E-state index in [9.17, 15) is 18.0 Å². The van der Waals surface area contributed by atoms with Gasteiger partial charge in [0.15, 0.2) is 9.84 Å². The quantitative estimate of drug-likeness (QED) is 0.775. The number of hydrogen-bond acceptors (Lipinski definition) is 4. The number of rotatable bonds is 4. The molecule has 0 radical (unpaired) electrons. The average Bonchev–Trinajstić information content (AvgIpc) is 3.34. The van der Waals surface area contributed by atoms with Crippen LogP contribution in [0.4, 0.5) is 11.4 Å². The fraction of sp³-hybridized carbons (Fsp3) is 0.364. The number of sulfone groups is 1. The van der Waals surface area contributed by atoms with E-state index < -0.39 is 9.84 Å². The maximum absolute atomic E-state index is 13.0. The zero-order chi connectivity index (χ0) is 20.2. The Morgan fingerprint density at radius 3 is 2.48 bits per heavy atom. The lowest BCUT2D eigenvalue weighted by molar-refractivity contribution is -0.119. The normalized spacial score (nSPS) is 17.4. The Balaban J connectivity index is 1.35. The van der Waals surface area contributed by atoms with E-state index in [0.717, 1.165) is 34.5 Å². The van der Waals surface area contributed by atoms with Crippen LogP contribution < -0.4 is 9.80 Å². The third-order valence-electron chi connectivity index (χ3n) is 6.16. The zero-order valence-electron chi connectivity index (χ0n) is 16.1. The molecule has 0 aromatic heterocycles. The number of aryl methyl sites for hydroxylation is 1.